The van der Waals surface area contributed by atoms with Gasteiger partial charge in [-0.3, -0.25) is 10.6 Å². The molecule has 0 atom stereocenters. The average Bonchev–Trinajstić information content (AvgIpc) is 2.53. The van der Waals surface area contributed by atoms with Gasteiger partial charge in [0.15, 0.2) is 0 Å². The number of aromatic nitrogens is 3. The van der Waals surface area contributed by atoms with Gasteiger partial charge in [0.25, 0.3) is 10.0 Å². The van der Waals surface area contributed by atoms with Crippen molar-refractivity contribution in [2.45, 2.75) is 11.8 Å². The summed E-state index contributed by atoms with van der Waals surface area (Å²) in [6, 6.07) is 3.97. The zero-order valence-corrected chi connectivity index (χ0v) is 14.4. The van der Waals surface area contributed by atoms with Crippen LogP contribution in [0.1, 0.15) is 5.82 Å². The van der Waals surface area contributed by atoms with Gasteiger partial charge in [-0.15, -0.1) is 0 Å². The molecule has 0 saturated heterocycles. The molecule has 26 heavy (non-hydrogen) atoms. The molecule has 0 aliphatic rings. The highest BCUT2D eigenvalue weighted by Crippen LogP contribution is 2.20. The summed E-state index contributed by atoms with van der Waals surface area (Å²) < 4.78 is 31.2. The van der Waals surface area contributed by atoms with Crippen LogP contribution in [0.15, 0.2) is 29.2 Å². The standard InChI is InChI=1S/C13H14N6O6S/c1-7-14-10(18-12(15-7)25-2)17-11(20)19-26(23,24)9-6-4-3-5-8(9)16-13(21)22/h3-6,16H,1-2H3,(H,21,22)(H2,14,15,17,18,19,20). The Morgan fingerprint density at radius 1 is 1.12 bits per heavy atom. The van der Waals surface area contributed by atoms with Crippen molar-refractivity contribution >= 4 is 33.8 Å². The fourth-order valence-electron chi connectivity index (χ4n) is 1.83. The number of hydrogen-bond acceptors (Lipinski definition) is 8. The fraction of sp³-hybridized carbons (Fsp3) is 0.154. The number of para-hydroxylation sites is 1. The molecule has 0 fully saturated rings. The van der Waals surface area contributed by atoms with Crippen molar-refractivity contribution in [2.24, 2.45) is 0 Å². The predicted molar refractivity (Wildman–Crippen MR) is 88.5 cm³/mol. The van der Waals surface area contributed by atoms with E-state index in [9.17, 15) is 18.0 Å². The fourth-order valence-corrected chi connectivity index (χ4v) is 2.90. The number of amides is 3. The molecule has 1 aromatic carbocycles. The van der Waals surface area contributed by atoms with Crippen LogP contribution in [-0.4, -0.2) is 47.7 Å². The van der Waals surface area contributed by atoms with Crippen LogP contribution in [0.25, 0.3) is 0 Å². The molecule has 12 nitrogen and oxygen atoms in total. The van der Waals surface area contributed by atoms with E-state index in [1.807, 2.05) is 5.32 Å². The number of aryl methyl sites for hydroxylation is 1. The molecular weight excluding hydrogens is 368 g/mol. The normalized spacial score (nSPS) is 10.7. The molecule has 3 amide bonds. The lowest BCUT2D eigenvalue weighted by molar-refractivity contribution is 0.209. The minimum absolute atomic E-state index is 0.0633. The van der Waals surface area contributed by atoms with Crippen LogP contribution in [0.3, 0.4) is 0 Å². The van der Waals surface area contributed by atoms with Gasteiger partial charge in [0, 0.05) is 0 Å². The Hall–Kier alpha value is -3.48. The van der Waals surface area contributed by atoms with E-state index in [-0.39, 0.29) is 23.5 Å². The number of methoxy groups -OCH3 is 1. The molecule has 138 valence electrons. The maximum absolute atomic E-state index is 12.3. The molecular formula is C13H14N6O6S. The van der Waals surface area contributed by atoms with Gasteiger partial charge in [-0.2, -0.15) is 15.0 Å². The number of carbonyl (C=O) groups excluding carboxylic acids is 1. The lowest BCUT2D eigenvalue weighted by atomic mass is 10.3. The summed E-state index contributed by atoms with van der Waals surface area (Å²) >= 11 is 0. The first-order valence-corrected chi connectivity index (χ1v) is 8.39. The minimum atomic E-state index is -4.37. The van der Waals surface area contributed by atoms with Crippen LogP contribution < -0.4 is 20.1 Å². The van der Waals surface area contributed by atoms with Gasteiger partial charge in [0.2, 0.25) is 5.95 Å². The Morgan fingerprint density at radius 2 is 1.81 bits per heavy atom. The number of anilines is 2. The van der Waals surface area contributed by atoms with Crippen molar-refractivity contribution in [3.05, 3.63) is 30.1 Å². The lowest BCUT2D eigenvalue weighted by Crippen LogP contribution is -2.35. The molecule has 1 heterocycles. The second kappa shape index (κ2) is 7.60. The van der Waals surface area contributed by atoms with Crippen molar-refractivity contribution in [3.63, 3.8) is 0 Å². The molecule has 13 heteroatoms. The summed E-state index contributed by atoms with van der Waals surface area (Å²) in [4.78, 5) is 33.7. The van der Waals surface area contributed by atoms with E-state index in [2.05, 4.69) is 20.3 Å². The Bertz CT molecular complexity index is 948. The van der Waals surface area contributed by atoms with E-state index in [4.69, 9.17) is 9.84 Å². The Balaban J connectivity index is 2.21. The molecule has 0 radical (unpaired) electrons. The van der Waals surface area contributed by atoms with Gasteiger partial charge in [-0.1, -0.05) is 12.1 Å². The number of nitrogens with one attached hydrogen (secondary N) is 3. The van der Waals surface area contributed by atoms with E-state index in [1.165, 1.54) is 32.2 Å². The largest absolute Gasteiger partial charge is 0.467 e. The van der Waals surface area contributed by atoms with Crippen molar-refractivity contribution in [1.82, 2.24) is 19.7 Å². The van der Waals surface area contributed by atoms with Gasteiger partial charge in [-0.05, 0) is 19.1 Å². The van der Waals surface area contributed by atoms with E-state index >= 15 is 0 Å². The first-order chi connectivity index (χ1) is 12.2. The highest BCUT2D eigenvalue weighted by atomic mass is 32.2. The third-order valence-corrected chi connectivity index (χ3v) is 4.17. The maximum Gasteiger partial charge on any atom is 0.409 e. The number of benzene rings is 1. The van der Waals surface area contributed by atoms with Crippen molar-refractivity contribution < 1.29 is 27.9 Å². The Morgan fingerprint density at radius 3 is 2.46 bits per heavy atom. The van der Waals surface area contributed by atoms with E-state index in [0.717, 1.165) is 6.07 Å². The topological polar surface area (TPSA) is 172 Å². The molecule has 0 bridgehead atoms. The number of nitrogens with zero attached hydrogens (tertiary/aromatic N) is 3. The van der Waals surface area contributed by atoms with Gasteiger partial charge in [0.1, 0.15) is 10.7 Å². The minimum Gasteiger partial charge on any atom is -0.467 e. The SMILES string of the molecule is COc1nc(C)nc(NC(=O)NS(=O)(=O)c2ccccc2NC(=O)O)n1. The molecule has 2 aromatic rings. The summed E-state index contributed by atoms with van der Waals surface area (Å²) in [6.45, 7) is 1.53. The summed E-state index contributed by atoms with van der Waals surface area (Å²) in [5.74, 6) is 0.0185. The van der Waals surface area contributed by atoms with Crippen LogP contribution in [0, 0.1) is 6.92 Å². The van der Waals surface area contributed by atoms with Crippen LogP contribution in [-0.2, 0) is 10.0 Å². The highest BCUT2D eigenvalue weighted by Gasteiger charge is 2.22. The van der Waals surface area contributed by atoms with Gasteiger partial charge >= 0.3 is 18.1 Å². The van der Waals surface area contributed by atoms with Crippen LogP contribution in [0.2, 0.25) is 0 Å². The molecule has 4 N–H and O–H groups in total. The number of ether oxygens (including phenoxy) is 1. The molecule has 0 unspecified atom stereocenters. The van der Waals surface area contributed by atoms with Crippen LogP contribution in [0.5, 0.6) is 6.01 Å². The number of rotatable bonds is 5. The molecule has 0 aliphatic heterocycles. The van der Waals surface area contributed by atoms with Crippen LogP contribution >= 0.6 is 0 Å². The smallest absolute Gasteiger partial charge is 0.409 e. The summed E-state index contributed by atoms with van der Waals surface area (Å²) in [6.07, 6.45) is -1.45. The second-order valence-electron chi connectivity index (χ2n) is 4.68. The molecule has 0 aliphatic carbocycles. The van der Waals surface area contributed by atoms with Gasteiger partial charge in [0.05, 0.1) is 12.8 Å². The number of carboxylic acid groups (broad SMARTS) is 1. The first-order valence-electron chi connectivity index (χ1n) is 6.90. The molecule has 0 spiro atoms. The van der Waals surface area contributed by atoms with Gasteiger partial charge in [-0.25, -0.2) is 22.7 Å². The third-order valence-electron chi connectivity index (χ3n) is 2.78. The lowest BCUT2D eigenvalue weighted by Gasteiger charge is -2.11. The number of sulfonamides is 1. The maximum atomic E-state index is 12.3. The zero-order chi connectivity index (χ0) is 19.3. The third kappa shape index (κ3) is 4.76. The van der Waals surface area contributed by atoms with Gasteiger partial charge < -0.3 is 9.84 Å². The predicted octanol–water partition coefficient (Wildman–Crippen LogP) is 0.789. The monoisotopic (exact) mass is 382 g/mol. The second-order valence-corrected chi connectivity index (χ2v) is 6.33. The summed E-state index contributed by atoms with van der Waals surface area (Å²) in [5.41, 5.74) is -0.210. The van der Waals surface area contributed by atoms with E-state index in [1.54, 1.807) is 4.72 Å². The van der Waals surface area contributed by atoms with E-state index < -0.39 is 27.0 Å². The first kappa shape index (κ1) is 18.9. The Kier molecular flexibility index (Phi) is 5.51. The molecule has 2 rings (SSSR count). The van der Waals surface area contributed by atoms with Crippen molar-refractivity contribution in [1.29, 1.82) is 0 Å². The number of hydrogen-bond donors (Lipinski definition) is 4. The average molecular weight is 382 g/mol. The van der Waals surface area contributed by atoms with Crippen molar-refractivity contribution in [2.75, 3.05) is 17.7 Å². The molecule has 1 aromatic heterocycles. The quantitative estimate of drug-likeness (QED) is 0.583. The number of urea groups is 1. The summed E-state index contributed by atoms with van der Waals surface area (Å²) in [5, 5.41) is 12.8. The van der Waals surface area contributed by atoms with E-state index in [0.29, 0.717) is 0 Å². The van der Waals surface area contributed by atoms with Crippen LogP contribution in [0.4, 0.5) is 21.2 Å². The van der Waals surface area contributed by atoms with Crippen molar-refractivity contribution in [3.8, 4) is 6.01 Å². The zero-order valence-electron chi connectivity index (χ0n) is 13.5. The number of carbonyl (C=O) groups is 2. The highest BCUT2D eigenvalue weighted by molar-refractivity contribution is 7.90. The Labute approximate surface area is 147 Å². The summed E-state index contributed by atoms with van der Waals surface area (Å²) in [7, 11) is -3.06. The molecule has 0 saturated carbocycles.